The lowest BCUT2D eigenvalue weighted by atomic mass is 9.51. The van der Waals surface area contributed by atoms with Crippen molar-refractivity contribution in [2.24, 2.45) is 0 Å². The van der Waals surface area contributed by atoms with Crippen LogP contribution in [0.1, 0.15) is 42.9 Å². The lowest BCUT2D eigenvalue weighted by Crippen LogP contribution is -2.73. The Kier molecular flexibility index (Phi) is 2.65. The molecule has 2 aliphatic carbocycles. The summed E-state index contributed by atoms with van der Waals surface area (Å²) in [6, 6.07) is 3.69. The molecule has 6 nitrogen and oxygen atoms in total. The molecule has 2 bridgehead atoms. The van der Waals surface area contributed by atoms with Crippen molar-refractivity contribution in [2.45, 2.75) is 54.6 Å². The van der Waals surface area contributed by atoms with E-state index in [1.807, 2.05) is 13.1 Å². The predicted octanol–water partition coefficient (Wildman–Crippen LogP) is 1.03. The van der Waals surface area contributed by atoms with Crippen LogP contribution in [0.25, 0.3) is 0 Å². The molecule has 3 N–H and O–H groups in total. The maximum atomic E-state index is 11.4. The Morgan fingerprint density at radius 2 is 2.12 bits per heavy atom. The van der Waals surface area contributed by atoms with Crippen molar-refractivity contribution >= 4 is 0 Å². The summed E-state index contributed by atoms with van der Waals surface area (Å²) < 4.78 is 11.4. The van der Waals surface area contributed by atoms with Gasteiger partial charge in [0.05, 0.1) is 18.8 Å². The third kappa shape index (κ3) is 1.26. The van der Waals surface area contributed by atoms with Gasteiger partial charge in [-0.25, -0.2) is 0 Å². The molecule has 1 aromatic rings. The van der Waals surface area contributed by atoms with Gasteiger partial charge in [0.15, 0.2) is 11.5 Å². The van der Waals surface area contributed by atoms with Crippen molar-refractivity contribution in [3.05, 3.63) is 23.3 Å². The number of likely N-dealkylation sites (N-methyl/N-ethyl adjacent to an activating group) is 1. The standard InChI is InChI=1S/C18H23NO5/c1-19-8-7-16-6-5-13(20)18(22)17(16,19)9-12(24-18)10-3-4-11(23-2)15(21)14(10)16/h3-4,12-13,20-22H,5-9H2,1-2H3/t12-,13-,16+,17-,18-/m0/s1. The Balaban J connectivity index is 1.87. The second-order valence-electron chi connectivity index (χ2n) is 7.76. The van der Waals surface area contributed by atoms with Crippen LogP contribution in [-0.2, 0) is 10.2 Å². The number of phenols is 1. The fraction of sp³-hybridized carbons (Fsp3) is 0.667. The summed E-state index contributed by atoms with van der Waals surface area (Å²) in [5.41, 5.74) is 0.630. The van der Waals surface area contributed by atoms with E-state index < -0.39 is 22.8 Å². The zero-order chi connectivity index (χ0) is 16.9. The fourth-order valence-corrected chi connectivity index (χ4v) is 6.28. The third-order valence-electron chi connectivity index (χ3n) is 7.23. The van der Waals surface area contributed by atoms with Crippen LogP contribution in [0.2, 0.25) is 0 Å². The van der Waals surface area contributed by atoms with Gasteiger partial charge in [0, 0.05) is 17.4 Å². The number of ether oxygens (including phenoxy) is 2. The Hall–Kier alpha value is -1.34. The summed E-state index contributed by atoms with van der Waals surface area (Å²) in [4.78, 5) is 2.14. The van der Waals surface area contributed by atoms with Crippen molar-refractivity contribution in [3.8, 4) is 11.5 Å². The molecular formula is C18H23NO5. The van der Waals surface area contributed by atoms with Gasteiger partial charge in [-0.1, -0.05) is 6.07 Å². The van der Waals surface area contributed by atoms with E-state index in [2.05, 4.69) is 4.90 Å². The van der Waals surface area contributed by atoms with Gasteiger partial charge in [-0.05, 0) is 44.5 Å². The summed E-state index contributed by atoms with van der Waals surface area (Å²) in [6.45, 7) is 0.793. The number of hydrogen-bond donors (Lipinski definition) is 3. The van der Waals surface area contributed by atoms with Crippen LogP contribution in [0.3, 0.4) is 0 Å². The number of phenolic OH excluding ortho intramolecular Hbond substituents is 1. The first-order chi connectivity index (χ1) is 11.4. The van der Waals surface area contributed by atoms with Crippen molar-refractivity contribution in [2.75, 3.05) is 20.7 Å². The second-order valence-corrected chi connectivity index (χ2v) is 7.76. The SMILES string of the molecule is COc1ccc2c(c1O)[C@]13CC[C@H](O)[C@]4(O)O[C@H]2C[C@]14N(C)CC3. The van der Waals surface area contributed by atoms with Crippen LogP contribution in [0.5, 0.6) is 11.5 Å². The summed E-state index contributed by atoms with van der Waals surface area (Å²) in [5.74, 6) is -1.01. The highest BCUT2D eigenvalue weighted by Gasteiger charge is 2.80. The van der Waals surface area contributed by atoms with Gasteiger partial charge < -0.3 is 24.8 Å². The first-order valence-corrected chi connectivity index (χ1v) is 8.61. The molecule has 0 aromatic heterocycles. The van der Waals surface area contributed by atoms with Crippen LogP contribution < -0.4 is 4.74 Å². The highest BCUT2D eigenvalue weighted by molar-refractivity contribution is 5.60. The zero-order valence-corrected chi connectivity index (χ0v) is 14.0. The normalized spacial score (nSPS) is 45.8. The molecule has 130 valence electrons. The maximum Gasteiger partial charge on any atom is 0.212 e. The van der Waals surface area contributed by atoms with E-state index in [1.165, 1.54) is 0 Å². The van der Waals surface area contributed by atoms with Crippen molar-refractivity contribution in [1.29, 1.82) is 0 Å². The van der Waals surface area contributed by atoms with Crippen LogP contribution in [0, 0.1) is 0 Å². The van der Waals surface area contributed by atoms with Gasteiger partial charge in [-0.15, -0.1) is 0 Å². The molecule has 0 unspecified atom stereocenters. The molecule has 2 saturated heterocycles. The molecule has 2 heterocycles. The van der Waals surface area contributed by atoms with E-state index in [-0.39, 0.29) is 11.9 Å². The largest absolute Gasteiger partial charge is 0.504 e. The van der Waals surface area contributed by atoms with E-state index >= 15 is 0 Å². The number of benzene rings is 1. The summed E-state index contributed by atoms with van der Waals surface area (Å²) in [6.07, 6.45) is 1.37. The van der Waals surface area contributed by atoms with Crippen LogP contribution in [0.4, 0.5) is 0 Å². The topological polar surface area (TPSA) is 82.4 Å². The monoisotopic (exact) mass is 333 g/mol. The van der Waals surface area contributed by atoms with Gasteiger partial charge in [-0.3, -0.25) is 4.90 Å². The lowest BCUT2D eigenvalue weighted by Gasteiger charge is -2.58. The third-order valence-corrected chi connectivity index (χ3v) is 7.23. The van der Waals surface area contributed by atoms with Gasteiger partial charge in [-0.2, -0.15) is 0 Å². The van der Waals surface area contributed by atoms with Gasteiger partial charge in [0.25, 0.3) is 0 Å². The minimum Gasteiger partial charge on any atom is -0.504 e. The van der Waals surface area contributed by atoms with Crippen molar-refractivity contribution < 1.29 is 24.8 Å². The van der Waals surface area contributed by atoms with E-state index in [1.54, 1.807) is 13.2 Å². The van der Waals surface area contributed by atoms with E-state index in [0.29, 0.717) is 25.0 Å². The molecular weight excluding hydrogens is 310 g/mol. The lowest BCUT2D eigenvalue weighted by molar-refractivity contribution is -0.305. The average molecular weight is 333 g/mol. The zero-order valence-electron chi connectivity index (χ0n) is 14.0. The number of aliphatic hydroxyl groups is 2. The van der Waals surface area contributed by atoms with Crippen LogP contribution >= 0.6 is 0 Å². The number of fused-ring (bicyclic) bond motifs is 3. The molecule has 1 saturated carbocycles. The fourth-order valence-electron chi connectivity index (χ4n) is 6.28. The Morgan fingerprint density at radius 1 is 1.33 bits per heavy atom. The molecule has 5 rings (SSSR count). The molecule has 4 aliphatic rings. The van der Waals surface area contributed by atoms with E-state index in [9.17, 15) is 15.3 Å². The molecule has 5 atom stereocenters. The Morgan fingerprint density at radius 3 is 2.88 bits per heavy atom. The predicted molar refractivity (Wildman–Crippen MR) is 84.9 cm³/mol. The number of rotatable bonds is 1. The van der Waals surface area contributed by atoms with Crippen LogP contribution in [-0.4, -0.2) is 58.4 Å². The minimum atomic E-state index is -1.61. The highest BCUT2D eigenvalue weighted by atomic mass is 16.7. The molecule has 0 radical (unpaired) electrons. The van der Waals surface area contributed by atoms with Gasteiger partial charge >= 0.3 is 0 Å². The first-order valence-electron chi connectivity index (χ1n) is 8.61. The number of hydrogen-bond acceptors (Lipinski definition) is 6. The first kappa shape index (κ1) is 15.0. The number of nitrogens with zero attached hydrogens (tertiary/aromatic N) is 1. The smallest absolute Gasteiger partial charge is 0.212 e. The highest BCUT2D eigenvalue weighted by Crippen LogP contribution is 2.72. The number of likely N-dealkylation sites (tertiary alicyclic amines) is 1. The van der Waals surface area contributed by atoms with E-state index in [4.69, 9.17) is 9.47 Å². The molecule has 1 aromatic carbocycles. The molecule has 0 amide bonds. The summed E-state index contributed by atoms with van der Waals surface area (Å²) >= 11 is 0. The molecule has 6 heteroatoms. The molecule has 24 heavy (non-hydrogen) atoms. The quantitative estimate of drug-likeness (QED) is 0.712. The van der Waals surface area contributed by atoms with Crippen molar-refractivity contribution in [3.63, 3.8) is 0 Å². The van der Waals surface area contributed by atoms with Gasteiger partial charge in [0.2, 0.25) is 5.79 Å². The number of aromatic hydroxyl groups is 1. The molecule has 1 spiro atoms. The number of methoxy groups -OCH3 is 1. The summed E-state index contributed by atoms with van der Waals surface area (Å²) in [5, 5.41) is 33.0. The molecule has 3 fully saturated rings. The van der Waals surface area contributed by atoms with Crippen LogP contribution in [0.15, 0.2) is 12.1 Å². The van der Waals surface area contributed by atoms with Gasteiger partial charge in [0.1, 0.15) is 6.10 Å². The van der Waals surface area contributed by atoms with E-state index in [0.717, 1.165) is 24.1 Å². The molecule has 2 aliphatic heterocycles. The number of aliphatic hydroxyl groups excluding tert-OH is 1. The minimum absolute atomic E-state index is 0.156. The maximum absolute atomic E-state index is 11.4. The summed E-state index contributed by atoms with van der Waals surface area (Å²) in [7, 11) is 3.53. The van der Waals surface area contributed by atoms with Crippen molar-refractivity contribution in [1.82, 2.24) is 4.90 Å². The average Bonchev–Trinajstić information content (AvgIpc) is 3.04. The second kappa shape index (κ2) is 4.25. The Bertz CT molecular complexity index is 738. The Labute approximate surface area is 140 Å².